The van der Waals surface area contributed by atoms with Crippen LogP contribution in [0.2, 0.25) is 0 Å². The molecule has 0 aromatic rings. The molecule has 0 heterocycles. The van der Waals surface area contributed by atoms with Crippen molar-refractivity contribution in [3.63, 3.8) is 0 Å². The van der Waals surface area contributed by atoms with Crippen molar-refractivity contribution in [3.8, 4) is 0 Å². The maximum absolute atomic E-state index is 9.00. The van der Waals surface area contributed by atoms with Crippen molar-refractivity contribution in [3.05, 3.63) is 0 Å². The van der Waals surface area contributed by atoms with Crippen molar-refractivity contribution in [2.45, 2.75) is 6.92 Å². The van der Waals surface area contributed by atoms with Gasteiger partial charge in [-0.05, 0) is 0 Å². The van der Waals surface area contributed by atoms with Gasteiger partial charge in [0.25, 0.3) is 5.97 Å². The predicted molar refractivity (Wildman–Crippen MR) is 46.1 cm³/mol. The van der Waals surface area contributed by atoms with Crippen molar-refractivity contribution in [2.75, 3.05) is 0 Å². The van der Waals surface area contributed by atoms with Crippen LogP contribution in [0.15, 0.2) is 0 Å². The molecule has 0 unspecified atom stereocenters. The van der Waals surface area contributed by atoms with E-state index in [2.05, 4.69) is 0 Å². The molecule has 0 atom stereocenters. The van der Waals surface area contributed by atoms with Crippen LogP contribution in [0.4, 0.5) is 0 Å². The van der Waals surface area contributed by atoms with E-state index < -0.39 is 16.4 Å². The summed E-state index contributed by atoms with van der Waals surface area (Å²) in [4.78, 5) is 9.00. The summed E-state index contributed by atoms with van der Waals surface area (Å²) in [6.45, 7) is 1.08. The van der Waals surface area contributed by atoms with Gasteiger partial charge in [0.2, 0.25) is 0 Å². The maximum atomic E-state index is 9.00. The number of carboxylic acids is 1. The van der Waals surface area contributed by atoms with Crippen molar-refractivity contribution in [1.29, 1.82) is 0 Å². The molecule has 0 aromatic carbocycles. The number of hydrogen-bond acceptors (Lipinski definition) is 5. The van der Waals surface area contributed by atoms with Gasteiger partial charge in [-0.2, -0.15) is 8.42 Å². The fourth-order valence-corrected chi connectivity index (χ4v) is 0. The Morgan fingerprint density at radius 1 is 1.17 bits per heavy atom. The summed E-state index contributed by atoms with van der Waals surface area (Å²) in [5, 5.41) is 7.42. The third-order valence-electron chi connectivity index (χ3n) is 0. The molecule has 76 valence electrons. The molecule has 0 fully saturated rings. The second kappa shape index (κ2) is 14.3. The summed E-state index contributed by atoms with van der Waals surface area (Å²) in [5.74, 6) is -0.833. The fraction of sp³-hybridized carbons (Fsp3) is 0.500. The van der Waals surface area contributed by atoms with Gasteiger partial charge in [-0.15, -0.1) is 0 Å². The topological polar surface area (TPSA) is 182 Å². The molecule has 0 saturated carbocycles. The van der Waals surface area contributed by atoms with E-state index in [9.17, 15) is 0 Å². The molecule has 9 N–H and O–H groups in total. The van der Waals surface area contributed by atoms with Crippen LogP contribution in [0.3, 0.4) is 0 Å². The van der Waals surface area contributed by atoms with Gasteiger partial charge in [-0.3, -0.25) is 13.9 Å². The molecule has 0 aliphatic carbocycles. The quantitative estimate of drug-likeness (QED) is 0.272. The van der Waals surface area contributed by atoms with Crippen LogP contribution >= 0.6 is 0 Å². The van der Waals surface area contributed by atoms with Crippen LogP contribution < -0.4 is 12.3 Å². The minimum atomic E-state index is -4.67. The van der Waals surface area contributed by atoms with Crippen LogP contribution in [0.5, 0.6) is 0 Å². The van der Waals surface area contributed by atoms with E-state index in [-0.39, 0.29) is 57.8 Å². The Kier molecular flexibility index (Phi) is 34.9. The van der Waals surface area contributed by atoms with Gasteiger partial charge >= 0.3 is 55.9 Å². The van der Waals surface area contributed by atoms with Crippen molar-refractivity contribution in [2.24, 2.45) is 0 Å². The number of carbonyl (C=O) groups is 1. The molecular weight excluding hydrogens is 268 g/mol. The van der Waals surface area contributed by atoms with Crippen molar-refractivity contribution >= 4 is 61.8 Å². The van der Waals surface area contributed by atoms with Crippen molar-refractivity contribution < 1.29 is 27.4 Å². The first kappa shape index (κ1) is 29.3. The average molecular weight is 282 g/mol. The third-order valence-corrected chi connectivity index (χ3v) is 0. The van der Waals surface area contributed by atoms with Gasteiger partial charge in [0.15, 0.2) is 0 Å². The zero-order valence-electron chi connectivity index (χ0n) is 5.89. The summed E-state index contributed by atoms with van der Waals surface area (Å²) in [7, 11) is -4.67. The van der Waals surface area contributed by atoms with Gasteiger partial charge in [0.1, 0.15) is 0 Å². The SMILES string of the molecule is CC(=O)O.N.N.O=S(=O)(O)O.[SrH2]. The molecule has 0 bridgehead atoms. The zero-order valence-corrected chi connectivity index (χ0v) is 6.71. The average Bonchev–Trinajstić information content (AvgIpc) is 1.19. The first-order valence-electron chi connectivity index (χ1n) is 1.63. The standard InChI is InChI=1S/C2H4O2.2H3N.H2O4S.Sr.2H/c1-2(3)4;;;1-5(2,3)4;;;/h1H3,(H,3,4);2*1H3;(H2,1,2,3,4);;;. The Balaban J connectivity index is -0.0000000221. The number of rotatable bonds is 0. The normalized spacial score (nSPS) is 6.92. The first-order chi connectivity index (χ1) is 3.73. The zero-order chi connectivity index (χ0) is 8.08. The Morgan fingerprint density at radius 3 is 1.17 bits per heavy atom. The van der Waals surface area contributed by atoms with Crippen LogP contribution in [0, 0.1) is 0 Å². The second-order valence-electron chi connectivity index (χ2n) is 0.967. The molecule has 0 aliphatic heterocycles. The molecule has 0 aliphatic rings. The molecule has 10 heteroatoms. The van der Waals surface area contributed by atoms with Gasteiger partial charge < -0.3 is 17.4 Å². The minimum absolute atomic E-state index is 0. The van der Waals surface area contributed by atoms with E-state index in [0.717, 1.165) is 6.92 Å². The molecule has 0 saturated heterocycles. The Morgan fingerprint density at radius 2 is 1.17 bits per heavy atom. The van der Waals surface area contributed by atoms with Gasteiger partial charge in [0, 0.05) is 6.92 Å². The van der Waals surface area contributed by atoms with Gasteiger partial charge in [0.05, 0.1) is 0 Å². The first-order valence-corrected chi connectivity index (χ1v) is 3.02. The molecule has 0 spiro atoms. The summed E-state index contributed by atoms with van der Waals surface area (Å²) in [5.41, 5.74) is 0. The summed E-state index contributed by atoms with van der Waals surface area (Å²) < 4.78 is 31.6. The molecule has 0 radical (unpaired) electrons. The Hall–Kier alpha value is 0.741. The third kappa shape index (κ3) is 1860. The van der Waals surface area contributed by atoms with Crippen LogP contribution in [0.25, 0.3) is 0 Å². The van der Waals surface area contributed by atoms with E-state index in [1.807, 2.05) is 0 Å². The molecular formula is C2H14N2O6SSr. The second-order valence-corrected chi connectivity index (χ2v) is 1.86. The van der Waals surface area contributed by atoms with Gasteiger partial charge in [-0.25, -0.2) is 0 Å². The fourth-order valence-electron chi connectivity index (χ4n) is 0. The van der Waals surface area contributed by atoms with Crippen LogP contribution in [-0.2, 0) is 15.2 Å². The summed E-state index contributed by atoms with van der Waals surface area (Å²) >= 11 is 0. The Labute approximate surface area is 107 Å². The van der Waals surface area contributed by atoms with Gasteiger partial charge in [-0.1, -0.05) is 0 Å². The van der Waals surface area contributed by atoms with E-state index in [1.165, 1.54) is 0 Å². The number of aliphatic carboxylic acids is 1. The van der Waals surface area contributed by atoms with E-state index in [1.54, 1.807) is 0 Å². The van der Waals surface area contributed by atoms with Crippen molar-refractivity contribution in [1.82, 2.24) is 12.3 Å². The van der Waals surface area contributed by atoms with Crippen LogP contribution in [-0.4, -0.2) is 74.1 Å². The number of carboxylic acid groups (broad SMARTS) is 1. The van der Waals surface area contributed by atoms with E-state index >= 15 is 0 Å². The molecule has 0 amide bonds. The molecule has 0 rings (SSSR count). The van der Waals surface area contributed by atoms with E-state index in [4.69, 9.17) is 27.4 Å². The van der Waals surface area contributed by atoms with E-state index in [0.29, 0.717) is 0 Å². The number of hydrogen-bond donors (Lipinski definition) is 5. The summed E-state index contributed by atoms with van der Waals surface area (Å²) in [6.07, 6.45) is 0. The molecule has 0 aromatic heterocycles. The molecule has 8 nitrogen and oxygen atoms in total. The predicted octanol–water partition coefficient (Wildman–Crippen LogP) is -1.15. The monoisotopic (exact) mass is 282 g/mol. The summed E-state index contributed by atoms with van der Waals surface area (Å²) in [6, 6.07) is 0. The molecule has 12 heavy (non-hydrogen) atoms. The van der Waals surface area contributed by atoms with Crippen LogP contribution in [0.1, 0.15) is 6.92 Å². The Bertz CT molecular complexity index is 166.